The molecule has 0 bridgehead atoms. The van der Waals surface area contributed by atoms with Crippen molar-refractivity contribution in [1.29, 1.82) is 0 Å². The van der Waals surface area contributed by atoms with E-state index in [1.165, 1.54) is 17.7 Å². The molecular formula is C25H22ClN5O2S. The van der Waals surface area contributed by atoms with E-state index in [0.717, 1.165) is 37.6 Å². The zero-order valence-corrected chi connectivity index (χ0v) is 20.3. The second-order valence-corrected chi connectivity index (χ2v) is 9.53. The van der Waals surface area contributed by atoms with E-state index in [9.17, 15) is 4.79 Å². The molecule has 9 heteroatoms. The Labute approximate surface area is 206 Å². The summed E-state index contributed by atoms with van der Waals surface area (Å²) < 4.78 is 5.83. The molecule has 1 aliphatic carbocycles. The zero-order chi connectivity index (χ0) is 23.7. The quantitative estimate of drug-likeness (QED) is 0.358. The van der Waals surface area contributed by atoms with Crippen LogP contribution in [0.3, 0.4) is 0 Å². The van der Waals surface area contributed by atoms with Crippen molar-refractivity contribution in [2.24, 2.45) is 0 Å². The number of aryl methyl sites for hydroxylation is 1. The summed E-state index contributed by atoms with van der Waals surface area (Å²) in [6.07, 6.45) is 6.30. The first kappa shape index (κ1) is 22.3. The van der Waals surface area contributed by atoms with Crippen LogP contribution in [0.4, 0.5) is 11.5 Å². The number of hydrogen-bond donors (Lipinski definition) is 1. The molecule has 1 aromatic carbocycles. The second kappa shape index (κ2) is 9.40. The first-order valence-electron chi connectivity index (χ1n) is 10.8. The molecule has 0 amide bonds. The van der Waals surface area contributed by atoms with E-state index >= 15 is 0 Å². The van der Waals surface area contributed by atoms with Crippen LogP contribution >= 0.6 is 22.9 Å². The third-order valence-corrected chi connectivity index (χ3v) is 6.89. The fraction of sp³-hybridized carbons (Fsp3) is 0.200. The largest absolute Gasteiger partial charge is 0.486 e. The Balaban J connectivity index is 1.43. The molecule has 172 valence electrons. The highest BCUT2D eigenvalue weighted by atomic mass is 35.5. The van der Waals surface area contributed by atoms with Gasteiger partial charge in [-0.3, -0.25) is 9.78 Å². The molecule has 3 aromatic heterocycles. The Morgan fingerprint density at radius 3 is 2.82 bits per heavy atom. The lowest BCUT2D eigenvalue weighted by Gasteiger charge is -2.17. The summed E-state index contributed by atoms with van der Waals surface area (Å²) in [5.41, 5.74) is 3.45. The van der Waals surface area contributed by atoms with Gasteiger partial charge in [0, 0.05) is 43.5 Å². The van der Waals surface area contributed by atoms with Crippen LogP contribution in [0.2, 0.25) is 5.02 Å². The van der Waals surface area contributed by atoms with Gasteiger partial charge in [0.25, 0.3) is 0 Å². The van der Waals surface area contributed by atoms with Crippen LogP contribution in [0.1, 0.15) is 22.6 Å². The minimum Gasteiger partial charge on any atom is -0.486 e. The van der Waals surface area contributed by atoms with Gasteiger partial charge in [0.1, 0.15) is 29.3 Å². The minimum atomic E-state index is 0.156. The van der Waals surface area contributed by atoms with E-state index in [1.54, 1.807) is 6.20 Å². The van der Waals surface area contributed by atoms with Crippen molar-refractivity contribution in [2.75, 3.05) is 19.4 Å². The molecule has 0 fully saturated rings. The SMILES string of the molecule is CN(C)/C=C1/C(=O)CCc2c1sc1ncnc(Nc3ccc(OCc4ccccn4)c(Cl)c3)c21. The lowest BCUT2D eigenvalue weighted by molar-refractivity contribution is -0.113. The number of nitrogens with one attached hydrogen (secondary N) is 1. The number of carbonyl (C=O) groups is 1. The fourth-order valence-corrected chi connectivity index (χ4v) is 5.35. The molecule has 7 nitrogen and oxygen atoms in total. The van der Waals surface area contributed by atoms with E-state index in [1.807, 2.05) is 61.6 Å². The summed E-state index contributed by atoms with van der Waals surface area (Å²) in [6, 6.07) is 11.2. The molecule has 0 atom stereocenters. The van der Waals surface area contributed by atoms with Crippen molar-refractivity contribution in [3.05, 3.63) is 76.3 Å². The Bertz CT molecular complexity index is 1400. The molecular weight excluding hydrogens is 470 g/mol. The second-order valence-electron chi connectivity index (χ2n) is 8.12. The Kier molecular flexibility index (Phi) is 6.17. The van der Waals surface area contributed by atoms with Crippen molar-refractivity contribution < 1.29 is 9.53 Å². The molecule has 0 saturated carbocycles. The van der Waals surface area contributed by atoms with Crippen LogP contribution in [-0.2, 0) is 17.8 Å². The molecule has 0 radical (unpaired) electrons. The van der Waals surface area contributed by atoms with E-state index in [4.69, 9.17) is 16.3 Å². The number of pyridine rings is 1. The lowest BCUT2D eigenvalue weighted by atomic mass is 9.92. The number of hydrogen-bond acceptors (Lipinski definition) is 8. The number of nitrogens with zero attached hydrogens (tertiary/aromatic N) is 4. The summed E-state index contributed by atoms with van der Waals surface area (Å²) in [4.78, 5) is 29.5. The first-order valence-corrected chi connectivity index (χ1v) is 12.0. The predicted octanol–water partition coefficient (Wildman–Crippen LogP) is 5.48. The number of thiophene rings is 1. The number of benzene rings is 1. The van der Waals surface area contributed by atoms with Gasteiger partial charge in [-0.05, 0) is 42.3 Å². The molecule has 0 saturated heterocycles. The molecule has 3 heterocycles. The first-order chi connectivity index (χ1) is 16.5. The Morgan fingerprint density at radius 1 is 1.18 bits per heavy atom. The van der Waals surface area contributed by atoms with Crippen molar-refractivity contribution in [3.8, 4) is 5.75 Å². The minimum absolute atomic E-state index is 0.156. The molecule has 4 aromatic rings. The van der Waals surface area contributed by atoms with Crippen LogP contribution in [0, 0.1) is 0 Å². The van der Waals surface area contributed by atoms with Crippen LogP contribution in [0.15, 0.2) is 55.1 Å². The predicted molar refractivity (Wildman–Crippen MR) is 136 cm³/mol. The van der Waals surface area contributed by atoms with Gasteiger partial charge in [0.05, 0.1) is 21.7 Å². The number of ketones is 1. The maximum Gasteiger partial charge on any atom is 0.166 e. The van der Waals surface area contributed by atoms with Crippen LogP contribution in [0.25, 0.3) is 15.8 Å². The van der Waals surface area contributed by atoms with E-state index < -0.39 is 0 Å². The summed E-state index contributed by atoms with van der Waals surface area (Å²) in [6.45, 7) is 0.336. The molecule has 1 N–H and O–H groups in total. The van der Waals surface area contributed by atoms with Crippen LogP contribution in [0.5, 0.6) is 5.75 Å². The average molecular weight is 492 g/mol. The van der Waals surface area contributed by atoms with Gasteiger partial charge in [-0.15, -0.1) is 11.3 Å². The van der Waals surface area contributed by atoms with Gasteiger partial charge in [-0.25, -0.2) is 9.97 Å². The monoisotopic (exact) mass is 491 g/mol. The van der Waals surface area contributed by atoms with E-state index in [-0.39, 0.29) is 5.78 Å². The number of rotatable bonds is 6. The number of ether oxygens (including phenoxy) is 1. The van der Waals surface area contributed by atoms with Gasteiger partial charge in [0.15, 0.2) is 5.78 Å². The maximum absolute atomic E-state index is 12.6. The van der Waals surface area contributed by atoms with Gasteiger partial charge >= 0.3 is 0 Å². The Hall–Kier alpha value is -3.49. The van der Waals surface area contributed by atoms with Crippen LogP contribution < -0.4 is 10.1 Å². The average Bonchev–Trinajstić information content (AvgIpc) is 3.21. The standard InChI is InChI=1S/C25H22ClN5O2S/c1-31(2)12-18-20(32)8-7-17-22-24(28-14-29-25(22)34-23(17)18)30-15-6-9-21(19(26)11-15)33-13-16-5-3-4-10-27-16/h3-6,9-12,14H,7-8,13H2,1-2H3,(H,28,29,30)/b18-12-. The van der Waals surface area contributed by atoms with Gasteiger partial charge in [-0.2, -0.15) is 0 Å². The molecule has 1 aliphatic rings. The Morgan fingerprint density at radius 2 is 2.06 bits per heavy atom. The fourth-order valence-electron chi connectivity index (χ4n) is 3.90. The van der Waals surface area contributed by atoms with Gasteiger partial charge < -0.3 is 15.0 Å². The van der Waals surface area contributed by atoms with Crippen LogP contribution in [-0.4, -0.2) is 39.7 Å². The van der Waals surface area contributed by atoms with Crippen molar-refractivity contribution >= 4 is 56.0 Å². The highest BCUT2D eigenvalue weighted by molar-refractivity contribution is 7.20. The van der Waals surface area contributed by atoms with Gasteiger partial charge in [0.2, 0.25) is 0 Å². The third kappa shape index (κ3) is 4.47. The lowest BCUT2D eigenvalue weighted by Crippen LogP contribution is -2.14. The summed E-state index contributed by atoms with van der Waals surface area (Å²) in [5, 5.41) is 4.82. The number of allylic oxidation sites excluding steroid dienone is 1. The molecule has 0 unspecified atom stereocenters. The zero-order valence-electron chi connectivity index (χ0n) is 18.7. The number of Topliss-reactive ketones (excluding diaryl/α,β-unsaturated/α-hetero) is 1. The molecule has 34 heavy (non-hydrogen) atoms. The molecule has 0 spiro atoms. The number of halogens is 1. The number of anilines is 2. The number of aromatic nitrogens is 3. The van der Waals surface area contributed by atoms with Crippen molar-refractivity contribution in [2.45, 2.75) is 19.4 Å². The highest BCUT2D eigenvalue weighted by Crippen LogP contribution is 2.42. The van der Waals surface area contributed by atoms with Gasteiger partial charge in [-0.1, -0.05) is 17.7 Å². The normalized spacial score (nSPS) is 14.3. The maximum atomic E-state index is 12.6. The smallest absolute Gasteiger partial charge is 0.166 e. The number of fused-ring (bicyclic) bond motifs is 3. The molecule has 5 rings (SSSR count). The summed E-state index contributed by atoms with van der Waals surface area (Å²) >= 11 is 8.02. The van der Waals surface area contributed by atoms with E-state index in [0.29, 0.717) is 36.0 Å². The summed E-state index contributed by atoms with van der Waals surface area (Å²) in [5.74, 6) is 1.43. The third-order valence-electron chi connectivity index (χ3n) is 5.42. The number of carbonyl (C=O) groups excluding carboxylic acids is 1. The molecule has 0 aliphatic heterocycles. The van der Waals surface area contributed by atoms with E-state index in [2.05, 4.69) is 20.3 Å². The van der Waals surface area contributed by atoms with Crippen molar-refractivity contribution in [1.82, 2.24) is 19.9 Å². The topological polar surface area (TPSA) is 80.2 Å². The highest BCUT2D eigenvalue weighted by Gasteiger charge is 2.28. The van der Waals surface area contributed by atoms with Crippen molar-refractivity contribution in [3.63, 3.8) is 0 Å². The summed E-state index contributed by atoms with van der Waals surface area (Å²) in [7, 11) is 3.84.